The largest absolute Gasteiger partial charge is 0.398 e. The van der Waals surface area contributed by atoms with Crippen LogP contribution >= 0.6 is 15.9 Å². The van der Waals surface area contributed by atoms with Crippen molar-refractivity contribution in [2.45, 2.75) is 6.42 Å². The number of nitrogen functional groups attached to an aromatic ring is 1. The summed E-state index contributed by atoms with van der Waals surface area (Å²) in [6, 6.07) is 5.13. The number of nitrogens with two attached hydrogens (primary N) is 1. The average Bonchev–Trinajstić information content (AvgIpc) is 2.22. The molecular weight excluding hydrogens is 256 g/mol. The molecule has 0 heterocycles. The van der Waals surface area contributed by atoms with Crippen molar-refractivity contribution in [3.05, 3.63) is 40.9 Å². The van der Waals surface area contributed by atoms with E-state index in [1.165, 1.54) is 0 Å². The van der Waals surface area contributed by atoms with E-state index < -0.39 is 0 Å². The Bertz CT molecular complexity index is 377. The van der Waals surface area contributed by atoms with Crippen LogP contribution in [0.2, 0.25) is 0 Å². The van der Waals surface area contributed by atoms with Crippen molar-refractivity contribution in [3.63, 3.8) is 0 Å². The Morgan fingerprint density at radius 3 is 2.93 bits per heavy atom. The quantitative estimate of drug-likeness (QED) is 0.500. The molecule has 0 aliphatic rings. The highest BCUT2D eigenvalue weighted by atomic mass is 79.9. The van der Waals surface area contributed by atoms with Gasteiger partial charge in [-0.2, -0.15) is 0 Å². The van der Waals surface area contributed by atoms with Crippen molar-refractivity contribution in [2.75, 3.05) is 12.3 Å². The molecule has 1 amide bonds. The molecule has 0 unspecified atom stereocenters. The molecule has 1 rings (SSSR count). The van der Waals surface area contributed by atoms with Gasteiger partial charge in [-0.25, -0.2) is 0 Å². The van der Waals surface area contributed by atoms with Crippen LogP contribution < -0.4 is 11.1 Å². The van der Waals surface area contributed by atoms with Crippen molar-refractivity contribution >= 4 is 27.5 Å². The van der Waals surface area contributed by atoms with E-state index in [1.807, 2.05) is 0 Å². The molecule has 0 bridgehead atoms. The van der Waals surface area contributed by atoms with Crippen molar-refractivity contribution in [2.24, 2.45) is 0 Å². The van der Waals surface area contributed by atoms with Crippen molar-refractivity contribution in [1.82, 2.24) is 5.32 Å². The summed E-state index contributed by atoms with van der Waals surface area (Å²) in [7, 11) is 0. The van der Waals surface area contributed by atoms with Crippen molar-refractivity contribution in [3.8, 4) is 0 Å². The predicted octanol–water partition coefficient (Wildman–Crippen LogP) is 2.34. The third-order valence-corrected chi connectivity index (χ3v) is 2.61. The normalized spacial score (nSPS) is 9.67. The lowest BCUT2D eigenvalue weighted by molar-refractivity contribution is 0.0954. The van der Waals surface area contributed by atoms with Crippen LogP contribution in [0.15, 0.2) is 35.3 Å². The SMILES string of the molecule is C=CCCNC(=O)c1ccc(Br)c(N)c1. The second-order valence-electron chi connectivity index (χ2n) is 3.07. The van der Waals surface area contributed by atoms with Crippen LogP contribution in [0.3, 0.4) is 0 Å². The minimum Gasteiger partial charge on any atom is -0.398 e. The topological polar surface area (TPSA) is 55.1 Å². The molecule has 1 aromatic rings. The van der Waals surface area contributed by atoms with Gasteiger partial charge in [0.05, 0.1) is 0 Å². The Labute approximate surface area is 97.5 Å². The van der Waals surface area contributed by atoms with Gasteiger partial charge >= 0.3 is 0 Å². The van der Waals surface area contributed by atoms with Gasteiger partial charge in [0.1, 0.15) is 0 Å². The second-order valence-corrected chi connectivity index (χ2v) is 3.92. The maximum absolute atomic E-state index is 11.6. The van der Waals surface area contributed by atoms with Crippen molar-refractivity contribution < 1.29 is 4.79 Å². The van der Waals surface area contributed by atoms with E-state index >= 15 is 0 Å². The molecule has 0 aromatic heterocycles. The molecule has 0 saturated heterocycles. The summed E-state index contributed by atoms with van der Waals surface area (Å²) in [5.41, 5.74) is 6.80. The number of carbonyl (C=O) groups is 1. The van der Waals surface area contributed by atoms with Gasteiger partial charge < -0.3 is 11.1 Å². The van der Waals surface area contributed by atoms with E-state index in [0.29, 0.717) is 17.8 Å². The van der Waals surface area contributed by atoms with Crippen LogP contribution in [0.4, 0.5) is 5.69 Å². The maximum atomic E-state index is 11.6. The van der Waals surface area contributed by atoms with Gasteiger partial charge in [-0.15, -0.1) is 6.58 Å². The Balaban J connectivity index is 2.65. The molecule has 0 saturated carbocycles. The first kappa shape index (κ1) is 11.8. The minimum absolute atomic E-state index is 0.115. The summed E-state index contributed by atoms with van der Waals surface area (Å²) >= 11 is 3.27. The fourth-order valence-corrected chi connectivity index (χ4v) is 1.32. The lowest BCUT2D eigenvalue weighted by Crippen LogP contribution is -2.24. The van der Waals surface area contributed by atoms with Crippen LogP contribution in [0, 0.1) is 0 Å². The lowest BCUT2D eigenvalue weighted by Gasteiger charge is -2.05. The molecule has 0 spiro atoms. The van der Waals surface area contributed by atoms with Gasteiger partial charge in [0.2, 0.25) is 0 Å². The summed E-state index contributed by atoms with van der Waals surface area (Å²) in [4.78, 5) is 11.6. The number of benzene rings is 1. The summed E-state index contributed by atoms with van der Waals surface area (Å²) in [6.45, 7) is 4.17. The molecule has 4 heteroatoms. The molecular formula is C11H13BrN2O. The summed E-state index contributed by atoms with van der Waals surface area (Å²) < 4.78 is 0.796. The highest BCUT2D eigenvalue weighted by molar-refractivity contribution is 9.10. The second kappa shape index (κ2) is 5.56. The third kappa shape index (κ3) is 3.40. The number of anilines is 1. The predicted molar refractivity (Wildman–Crippen MR) is 65.7 cm³/mol. The van der Waals surface area contributed by atoms with E-state index in [-0.39, 0.29) is 5.91 Å². The summed E-state index contributed by atoms with van der Waals surface area (Å²) in [5, 5.41) is 2.77. The van der Waals surface area contributed by atoms with Gasteiger partial charge in [-0.3, -0.25) is 4.79 Å². The zero-order valence-electron chi connectivity index (χ0n) is 8.29. The number of amides is 1. The fourth-order valence-electron chi connectivity index (χ4n) is 1.07. The van der Waals surface area contributed by atoms with Crippen LogP contribution in [-0.4, -0.2) is 12.5 Å². The smallest absolute Gasteiger partial charge is 0.251 e. The molecule has 0 atom stereocenters. The van der Waals surface area contributed by atoms with Gasteiger partial charge in [0, 0.05) is 22.3 Å². The Hall–Kier alpha value is -1.29. The third-order valence-electron chi connectivity index (χ3n) is 1.89. The molecule has 3 N–H and O–H groups in total. The van der Waals surface area contributed by atoms with Crippen LogP contribution in [0.1, 0.15) is 16.8 Å². The number of carbonyl (C=O) groups excluding carboxylic acids is 1. The van der Waals surface area contributed by atoms with E-state index in [9.17, 15) is 4.79 Å². The Kier molecular flexibility index (Phi) is 4.37. The first-order chi connectivity index (χ1) is 7.15. The zero-order chi connectivity index (χ0) is 11.3. The van der Waals surface area contributed by atoms with Gasteiger partial charge in [0.25, 0.3) is 5.91 Å². The average molecular weight is 269 g/mol. The van der Waals surface area contributed by atoms with Crippen molar-refractivity contribution in [1.29, 1.82) is 0 Å². The Morgan fingerprint density at radius 2 is 2.33 bits per heavy atom. The molecule has 0 fully saturated rings. The first-order valence-electron chi connectivity index (χ1n) is 4.59. The number of rotatable bonds is 4. The molecule has 80 valence electrons. The van der Waals surface area contributed by atoms with E-state index in [2.05, 4.69) is 27.8 Å². The maximum Gasteiger partial charge on any atom is 0.251 e. The summed E-state index contributed by atoms with van der Waals surface area (Å²) in [6.07, 6.45) is 2.52. The van der Waals surface area contributed by atoms with Crippen LogP contribution in [-0.2, 0) is 0 Å². The van der Waals surface area contributed by atoms with Crippen LogP contribution in [0.5, 0.6) is 0 Å². The van der Waals surface area contributed by atoms with E-state index in [4.69, 9.17) is 5.73 Å². The number of hydrogen-bond acceptors (Lipinski definition) is 2. The van der Waals surface area contributed by atoms with E-state index in [1.54, 1.807) is 24.3 Å². The number of nitrogens with one attached hydrogen (secondary N) is 1. The zero-order valence-corrected chi connectivity index (χ0v) is 9.88. The molecule has 1 aromatic carbocycles. The monoisotopic (exact) mass is 268 g/mol. The minimum atomic E-state index is -0.115. The highest BCUT2D eigenvalue weighted by Gasteiger charge is 2.05. The van der Waals surface area contributed by atoms with Gasteiger partial charge in [-0.1, -0.05) is 6.08 Å². The molecule has 0 aliphatic heterocycles. The summed E-state index contributed by atoms with van der Waals surface area (Å²) in [5.74, 6) is -0.115. The number of hydrogen-bond donors (Lipinski definition) is 2. The first-order valence-corrected chi connectivity index (χ1v) is 5.38. The fraction of sp³-hybridized carbons (Fsp3) is 0.182. The highest BCUT2D eigenvalue weighted by Crippen LogP contribution is 2.19. The Morgan fingerprint density at radius 1 is 1.60 bits per heavy atom. The molecule has 0 radical (unpaired) electrons. The molecule has 15 heavy (non-hydrogen) atoms. The molecule has 0 aliphatic carbocycles. The van der Waals surface area contributed by atoms with Gasteiger partial charge in [0.15, 0.2) is 0 Å². The van der Waals surface area contributed by atoms with E-state index in [0.717, 1.165) is 10.9 Å². The standard InChI is InChI=1S/C11H13BrN2O/c1-2-3-6-14-11(15)8-4-5-9(12)10(13)7-8/h2,4-5,7H,1,3,6,13H2,(H,14,15). The lowest BCUT2D eigenvalue weighted by atomic mass is 10.2. The van der Waals surface area contributed by atoms with Crippen LogP contribution in [0.25, 0.3) is 0 Å². The number of halogens is 1. The molecule has 3 nitrogen and oxygen atoms in total. The van der Waals surface area contributed by atoms with Gasteiger partial charge in [-0.05, 0) is 40.5 Å².